The summed E-state index contributed by atoms with van der Waals surface area (Å²) in [6, 6.07) is 3.51. The number of ether oxygens (including phenoxy) is 2. The van der Waals surface area contributed by atoms with E-state index in [-0.39, 0.29) is 11.4 Å². The maximum Gasteiger partial charge on any atom is 0.262 e. The Labute approximate surface area is 157 Å². The second-order valence-corrected chi connectivity index (χ2v) is 7.35. The van der Waals surface area contributed by atoms with E-state index in [1.165, 1.54) is 6.08 Å². The Bertz CT molecular complexity index is 686. The van der Waals surface area contributed by atoms with Gasteiger partial charge in [-0.15, -0.1) is 0 Å². The van der Waals surface area contributed by atoms with Crippen molar-refractivity contribution >= 4 is 40.9 Å². The molecule has 1 aromatic carbocycles. The minimum Gasteiger partial charge on any atom is -0.489 e. The van der Waals surface area contributed by atoms with Gasteiger partial charge in [0.25, 0.3) is 5.91 Å². The standard InChI is InChI=1S/C17H22ClN3O3S/c1-17(2,3)19-16(25)21-20-14(22)6-5-11-9-12(18)15-13(10-11)23-7-4-8-24-15/h5-6,9-10H,4,7-8H2,1-3H3,(H,20,22)(H2,19,21,25)/b6-5+. The van der Waals surface area contributed by atoms with Crippen molar-refractivity contribution in [3.8, 4) is 11.5 Å². The number of thiocarbonyl (C=S) groups is 1. The van der Waals surface area contributed by atoms with Crippen molar-refractivity contribution in [3.63, 3.8) is 0 Å². The fourth-order valence-electron chi connectivity index (χ4n) is 2.05. The highest BCUT2D eigenvalue weighted by atomic mass is 35.5. The molecule has 3 N–H and O–H groups in total. The van der Waals surface area contributed by atoms with E-state index in [1.54, 1.807) is 18.2 Å². The Hall–Kier alpha value is -1.99. The molecule has 0 aromatic heterocycles. The molecule has 0 saturated heterocycles. The molecule has 0 atom stereocenters. The highest BCUT2D eigenvalue weighted by molar-refractivity contribution is 7.80. The molecule has 1 aliphatic heterocycles. The average Bonchev–Trinajstić information content (AvgIpc) is 2.75. The van der Waals surface area contributed by atoms with Gasteiger partial charge in [0.2, 0.25) is 0 Å². The van der Waals surface area contributed by atoms with Crippen molar-refractivity contribution in [1.29, 1.82) is 0 Å². The van der Waals surface area contributed by atoms with Gasteiger partial charge in [-0.1, -0.05) is 11.6 Å². The van der Waals surface area contributed by atoms with Crippen molar-refractivity contribution in [2.24, 2.45) is 0 Å². The Morgan fingerprint density at radius 1 is 1.24 bits per heavy atom. The largest absolute Gasteiger partial charge is 0.489 e. The Balaban J connectivity index is 1.95. The van der Waals surface area contributed by atoms with E-state index in [0.717, 1.165) is 12.0 Å². The smallest absolute Gasteiger partial charge is 0.262 e. The van der Waals surface area contributed by atoms with Gasteiger partial charge < -0.3 is 14.8 Å². The number of hydrogen-bond acceptors (Lipinski definition) is 4. The van der Waals surface area contributed by atoms with Gasteiger partial charge in [0.15, 0.2) is 16.6 Å². The van der Waals surface area contributed by atoms with E-state index in [2.05, 4.69) is 16.2 Å². The molecule has 1 aromatic rings. The number of carbonyl (C=O) groups excluding carboxylic acids is 1. The molecular weight excluding hydrogens is 362 g/mol. The summed E-state index contributed by atoms with van der Waals surface area (Å²) in [5.74, 6) is 0.779. The van der Waals surface area contributed by atoms with Gasteiger partial charge in [-0.25, -0.2) is 0 Å². The van der Waals surface area contributed by atoms with Crippen molar-refractivity contribution in [1.82, 2.24) is 16.2 Å². The molecule has 0 radical (unpaired) electrons. The van der Waals surface area contributed by atoms with Crippen LogP contribution in [0.4, 0.5) is 0 Å². The molecule has 25 heavy (non-hydrogen) atoms. The zero-order valence-corrected chi connectivity index (χ0v) is 16.0. The zero-order valence-electron chi connectivity index (χ0n) is 14.4. The second kappa shape index (κ2) is 8.40. The molecule has 0 bridgehead atoms. The molecule has 136 valence electrons. The summed E-state index contributed by atoms with van der Waals surface area (Å²) in [5, 5.41) is 3.82. The van der Waals surface area contributed by atoms with Crippen molar-refractivity contribution in [2.75, 3.05) is 13.2 Å². The molecule has 0 spiro atoms. The van der Waals surface area contributed by atoms with Crippen LogP contribution in [-0.2, 0) is 4.79 Å². The first-order chi connectivity index (χ1) is 11.7. The predicted octanol–water partition coefficient (Wildman–Crippen LogP) is 2.81. The number of halogens is 1. The fraction of sp³-hybridized carbons (Fsp3) is 0.412. The molecule has 0 fully saturated rings. The predicted molar refractivity (Wildman–Crippen MR) is 103 cm³/mol. The zero-order chi connectivity index (χ0) is 18.4. The van der Waals surface area contributed by atoms with Crippen LogP contribution in [0.1, 0.15) is 32.8 Å². The third-order valence-electron chi connectivity index (χ3n) is 3.04. The average molecular weight is 384 g/mol. The third kappa shape index (κ3) is 6.43. The number of amides is 1. The van der Waals surface area contributed by atoms with Gasteiger partial charge in [-0.3, -0.25) is 15.6 Å². The molecular formula is C17H22ClN3O3S. The highest BCUT2D eigenvalue weighted by Crippen LogP contribution is 2.38. The minimum absolute atomic E-state index is 0.189. The number of rotatable bonds is 2. The topological polar surface area (TPSA) is 71.6 Å². The van der Waals surface area contributed by atoms with E-state index >= 15 is 0 Å². The number of fused-ring (bicyclic) bond motifs is 1. The summed E-state index contributed by atoms with van der Waals surface area (Å²) < 4.78 is 11.2. The van der Waals surface area contributed by atoms with Crippen LogP contribution in [0.2, 0.25) is 5.02 Å². The van der Waals surface area contributed by atoms with Crippen LogP contribution in [0.5, 0.6) is 11.5 Å². The monoisotopic (exact) mass is 383 g/mol. The molecule has 1 amide bonds. The van der Waals surface area contributed by atoms with Crippen LogP contribution in [0, 0.1) is 0 Å². The lowest BCUT2D eigenvalue weighted by atomic mass is 10.1. The normalized spacial score (nSPS) is 13.9. The highest BCUT2D eigenvalue weighted by Gasteiger charge is 2.15. The van der Waals surface area contributed by atoms with E-state index in [4.69, 9.17) is 33.3 Å². The first-order valence-electron chi connectivity index (χ1n) is 7.90. The number of hydrogen-bond donors (Lipinski definition) is 3. The lowest BCUT2D eigenvalue weighted by Gasteiger charge is -2.22. The van der Waals surface area contributed by atoms with Crippen molar-refractivity contribution in [3.05, 3.63) is 28.8 Å². The molecule has 0 aliphatic carbocycles. The fourth-order valence-corrected chi connectivity index (χ4v) is 2.68. The van der Waals surface area contributed by atoms with Gasteiger partial charge >= 0.3 is 0 Å². The maximum absolute atomic E-state index is 11.9. The van der Waals surface area contributed by atoms with E-state index in [0.29, 0.717) is 34.8 Å². The molecule has 1 aliphatic rings. The first kappa shape index (κ1) is 19.3. The number of nitrogens with one attached hydrogen (secondary N) is 3. The molecule has 6 nitrogen and oxygen atoms in total. The van der Waals surface area contributed by atoms with Crippen LogP contribution in [0.15, 0.2) is 18.2 Å². The molecule has 2 rings (SSSR count). The van der Waals surface area contributed by atoms with Crippen LogP contribution in [0.3, 0.4) is 0 Å². The quantitative estimate of drug-likeness (QED) is 0.414. The Kier molecular flexibility index (Phi) is 6.50. The van der Waals surface area contributed by atoms with Gasteiger partial charge in [0.05, 0.1) is 18.2 Å². The van der Waals surface area contributed by atoms with E-state index in [1.807, 2.05) is 20.8 Å². The van der Waals surface area contributed by atoms with E-state index in [9.17, 15) is 4.79 Å². The van der Waals surface area contributed by atoms with Crippen LogP contribution in [0.25, 0.3) is 6.08 Å². The summed E-state index contributed by atoms with van der Waals surface area (Å²) >= 11 is 11.3. The van der Waals surface area contributed by atoms with Crippen LogP contribution in [-0.4, -0.2) is 29.8 Å². The molecule has 0 saturated carbocycles. The summed E-state index contributed by atoms with van der Waals surface area (Å²) in [7, 11) is 0. The SMILES string of the molecule is CC(C)(C)NC(=S)NNC(=O)/C=C/c1cc(Cl)c2c(c1)OCCCO2. The summed E-state index contributed by atoms with van der Waals surface area (Å²) in [5.41, 5.74) is 5.68. The van der Waals surface area contributed by atoms with Gasteiger partial charge in [0, 0.05) is 18.0 Å². The molecule has 8 heteroatoms. The number of carbonyl (C=O) groups is 1. The second-order valence-electron chi connectivity index (χ2n) is 6.53. The van der Waals surface area contributed by atoms with E-state index < -0.39 is 0 Å². The van der Waals surface area contributed by atoms with Crippen LogP contribution < -0.4 is 25.6 Å². The van der Waals surface area contributed by atoms with Crippen molar-refractivity contribution < 1.29 is 14.3 Å². The van der Waals surface area contributed by atoms with Crippen LogP contribution >= 0.6 is 23.8 Å². The van der Waals surface area contributed by atoms with Gasteiger partial charge in [0.1, 0.15) is 0 Å². The molecule has 1 heterocycles. The minimum atomic E-state index is -0.346. The van der Waals surface area contributed by atoms with Crippen molar-refractivity contribution in [2.45, 2.75) is 32.7 Å². The number of benzene rings is 1. The summed E-state index contributed by atoms with van der Waals surface area (Å²) in [6.07, 6.45) is 3.81. The Morgan fingerprint density at radius 3 is 2.68 bits per heavy atom. The first-order valence-corrected chi connectivity index (χ1v) is 8.68. The molecule has 0 unspecified atom stereocenters. The Morgan fingerprint density at radius 2 is 1.96 bits per heavy atom. The number of hydrazine groups is 1. The van der Waals surface area contributed by atoms with Gasteiger partial charge in [-0.2, -0.15) is 0 Å². The third-order valence-corrected chi connectivity index (χ3v) is 3.52. The lowest BCUT2D eigenvalue weighted by molar-refractivity contribution is -0.117. The lowest BCUT2D eigenvalue weighted by Crippen LogP contribution is -2.51. The summed E-state index contributed by atoms with van der Waals surface area (Å²) in [4.78, 5) is 11.9. The van der Waals surface area contributed by atoms with Gasteiger partial charge in [-0.05, 0) is 56.8 Å². The maximum atomic E-state index is 11.9. The summed E-state index contributed by atoms with van der Waals surface area (Å²) in [6.45, 7) is 7.04.